The number of phenols is 1. The Labute approximate surface area is 220 Å². The lowest BCUT2D eigenvalue weighted by Gasteiger charge is -2.39. The van der Waals surface area contributed by atoms with Crippen molar-refractivity contribution in [1.82, 2.24) is 15.3 Å². The van der Waals surface area contributed by atoms with E-state index in [0.717, 1.165) is 56.0 Å². The quantitative estimate of drug-likeness (QED) is 0.341. The fourth-order valence-corrected chi connectivity index (χ4v) is 6.37. The van der Waals surface area contributed by atoms with Gasteiger partial charge >= 0.3 is 6.01 Å². The number of hydrogen-bond donors (Lipinski definition) is 3. The molecule has 2 atom stereocenters. The number of anilines is 1. The number of aromatic hydroxyl groups is 1. The van der Waals surface area contributed by atoms with E-state index in [1.54, 1.807) is 18.2 Å². The minimum Gasteiger partial charge on any atom is -0.508 e. The Kier molecular flexibility index (Phi) is 5.63. The summed E-state index contributed by atoms with van der Waals surface area (Å²) in [5.74, 6) is 0.295. The van der Waals surface area contributed by atoms with Gasteiger partial charge in [-0.15, -0.1) is 0 Å². The molecule has 0 unspecified atom stereocenters. The molecule has 0 radical (unpaired) electrons. The van der Waals surface area contributed by atoms with Crippen molar-refractivity contribution in [3.8, 4) is 22.9 Å². The average molecular weight is 515 g/mol. The summed E-state index contributed by atoms with van der Waals surface area (Å²) < 4.78 is 22.5. The molecule has 3 N–H and O–H groups in total. The Morgan fingerprint density at radius 2 is 1.79 bits per heavy atom. The van der Waals surface area contributed by atoms with E-state index in [1.165, 1.54) is 0 Å². The third-order valence-electron chi connectivity index (χ3n) is 8.68. The molecule has 7 rings (SSSR count). The first-order valence-corrected chi connectivity index (χ1v) is 13.5. The van der Waals surface area contributed by atoms with Crippen molar-refractivity contribution in [2.45, 2.75) is 44.2 Å². The second-order valence-corrected chi connectivity index (χ2v) is 11.2. The van der Waals surface area contributed by atoms with Gasteiger partial charge in [0.2, 0.25) is 0 Å². The van der Waals surface area contributed by atoms with Crippen LogP contribution in [0.3, 0.4) is 0 Å². The Morgan fingerprint density at radius 3 is 2.53 bits per heavy atom. The second kappa shape index (κ2) is 9.06. The minimum absolute atomic E-state index is 0.0533. The van der Waals surface area contributed by atoms with E-state index in [4.69, 9.17) is 9.72 Å². The van der Waals surface area contributed by atoms with Crippen molar-refractivity contribution in [2.24, 2.45) is 5.41 Å². The highest BCUT2D eigenvalue weighted by atomic mass is 19.1. The summed E-state index contributed by atoms with van der Waals surface area (Å²) >= 11 is 0. The van der Waals surface area contributed by atoms with E-state index in [9.17, 15) is 10.2 Å². The van der Waals surface area contributed by atoms with Crippen LogP contribution in [0.25, 0.3) is 32.8 Å². The number of hydrogen-bond acceptors (Lipinski definition) is 7. The smallest absolute Gasteiger partial charge is 0.319 e. The number of benzene rings is 3. The van der Waals surface area contributed by atoms with Gasteiger partial charge in [0.05, 0.1) is 13.2 Å². The lowest BCUT2D eigenvalue weighted by Crippen LogP contribution is -2.51. The molecular weight excluding hydrogens is 483 g/mol. The molecule has 3 fully saturated rings. The van der Waals surface area contributed by atoms with Crippen molar-refractivity contribution in [3.05, 3.63) is 54.3 Å². The van der Waals surface area contributed by atoms with E-state index in [0.29, 0.717) is 41.0 Å². The summed E-state index contributed by atoms with van der Waals surface area (Å²) in [6.07, 6.45) is 5.10. The number of fused-ring (bicyclic) bond motifs is 4. The van der Waals surface area contributed by atoms with Crippen LogP contribution in [0.15, 0.2) is 48.5 Å². The molecule has 0 amide bonds. The molecule has 0 spiro atoms. The molecule has 38 heavy (non-hydrogen) atoms. The monoisotopic (exact) mass is 514 g/mol. The lowest BCUT2D eigenvalue weighted by molar-refractivity contribution is -0.00263. The SMILES string of the molecule is OCC1(COc2nc(N3C[C@H]4CC[C@@H](C3)N4)c3ccc(-c4cc(O)cc5ccccc45)c(F)c3n2)CCC1. The molecule has 7 nitrogen and oxygen atoms in total. The molecule has 4 aromatic rings. The Morgan fingerprint density at radius 1 is 1.00 bits per heavy atom. The van der Waals surface area contributed by atoms with Crippen molar-refractivity contribution in [2.75, 3.05) is 31.2 Å². The van der Waals surface area contributed by atoms with Gasteiger partial charge in [-0.1, -0.05) is 36.8 Å². The van der Waals surface area contributed by atoms with E-state index in [1.807, 2.05) is 30.3 Å². The number of aliphatic hydroxyl groups is 1. The van der Waals surface area contributed by atoms with E-state index >= 15 is 4.39 Å². The number of nitrogens with zero attached hydrogens (tertiary/aromatic N) is 3. The molecule has 196 valence electrons. The number of rotatable bonds is 6. The van der Waals surface area contributed by atoms with Gasteiger partial charge in [0.15, 0.2) is 5.82 Å². The standard InChI is InChI=1S/C30H31FN4O3/c31-26-23(25-13-21(37)12-18-4-1-2-5-22(18)25)8-9-24-27(26)33-29(38-17-30(16-36)10-3-11-30)34-28(24)35-14-19-6-7-20(15-35)32-19/h1-2,4-5,8-9,12-13,19-20,32,36-37H,3,6-7,10-11,14-17H2/t19-,20+. The third kappa shape index (κ3) is 3.94. The molecule has 3 aliphatic rings. The van der Waals surface area contributed by atoms with Crippen LogP contribution in [0, 0.1) is 11.2 Å². The van der Waals surface area contributed by atoms with E-state index < -0.39 is 5.82 Å². The highest BCUT2D eigenvalue weighted by Gasteiger charge is 2.38. The maximum atomic E-state index is 16.4. The van der Waals surface area contributed by atoms with Crippen molar-refractivity contribution in [3.63, 3.8) is 0 Å². The van der Waals surface area contributed by atoms with E-state index in [-0.39, 0.29) is 29.3 Å². The fourth-order valence-electron chi connectivity index (χ4n) is 6.37. The summed E-state index contributed by atoms with van der Waals surface area (Å²) in [6.45, 7) is 1.95. The van der Waals surface area contributed by atoms with Gasteiger partial charge in [-0.25, -0.2) is 4.39 Å². The zero-order chi connectivity index (χ0) is 25.9. The maximum absolute atomic E-state index is 16.4. The Bertz CT molecular complexity index is 1520. The van der Waals surface area contributed by atoms with Crippen LogP contribution in [0.2, 0.25) is 0 Å². The molecule has 1 aliphatic carbocycles. The van der Waals surface area contributed by atoms with E-state index in [2.05, 4.69) is 15.2 Å². The Hall–Kier alpha value is -3.49. The van der Waals surface area contributed by atoms with Crippen LogP contribution in [-0.4, -0.2) is 58.6 Å². The topological polar surface area (TPSA) is 90.7 Å². The number of aliphatic hydroxyl groups excluding tert-OH is 1. The predicted molar refractivity (Wildman–Crippen MR) is 145 cm³/mol. The number of aromatic nitrogens is 2. The van der Waals surface area contributed by atoms with Gasteiger partial charge in [0, 0.05) is 41.5 Å². The van der Waals surface area contributed by atoms with Gasteiger partial charge in [0.25, 0.3) is 0 Å². The molecule has 3 heterocycles. The maximum Gasteiger partial charge on any atom is 0.319 e. The molecule has 1 aromatic heterocycles. The molecule has 2 aliphatic heterocycles. The van der Waals surface area contributed by atoms with Crippen LogP contribution in [-0.2, 0) is 0 Å². The summed E-state index contributed by atoms with van der Waals surface area (Å²) in [7, 11) is 0. The summed E-state index contributed by atoms with van der Waals surface area (Å²) in [5, 5.41) is 26.3. The molecule has 2 saturated heterocycles. The summed E-state index contributed by atoms with van der Waals surface area (Å²) in [4.78, 5) is 11.6. The summed E-state index contributed by atoms with van der Waals surface area (Å²) in [6, 6.07) is 15.5. The van der Waals surface area contributed by atoms with Crippen LogP contribution < -0.4 is 15.0 Å². The van der Waals surface area contributed by atoms with Crippen molar-refractivity contribution in [1.29, 1.82) is 0 Å². The predicted octanol–water partition coefficient (Wildman–Crippen LogP) is 4.78. The highest BCUT2D eigenvalue weighted by Crippen LogP contribution is 2.42. The average Bonchev–Trinajstić information content (AvgIpc) is 3.25. The minimum atomic E-state index is -0.467. The number of piperazine rings is 1. The Balaban J connectivity index is 1.37. The molecule has 3 aromatic carbocycles. The number of halogens is 1. The van der Waals surface area contributed by atoms with Gasteiger partial charge in [0.1, 0.15) is 17.1 Å². The normalized spacial score (nSPS) is 22.1. The zero-order valence-corrected chi connectivity index (χ0v) is 21.2. The zero-order valence-electron chi connectivity index (χ0n) is 21.2. The first-order valence-electron chi connectivity index (χ1n) is 13.5. The number of ether oxygens (including phenoxy) is 1. The molecule has 2 bridgehead atoms. The number of phenolic OH excluding ortho intramolecular Hbond substituents is 1. The summed E-state index contributed by atoms with van der Waals surface area (Å²) in [5.41, 5.74) is 0.906. The third-order valence-corrected chi connectivity index (χ3v) is 8.68. The van der Waals surface area contributed by atoms with Crippen molar-refractivity contribution < 1.29 is 19.3 Å². The number of nitrogens with one attached hydrogen (secondary N) is 1. The van der Waals surface area contributed by atoms with Crippen LogP contribution in [0.5, 0.6) is 11.8 Å². The molecule has 8 heteroatoms. The first-order chi connectivity index (χ1) is 18.5. The second-order valence-electron chi connectivity index (χ2n) is 11.2. The molecular formula is C30H31FN4O3. The highest BCUT2D eigenvalue weighted by molar-refractivity contribution is 6.01. The first kappa shape index (κ1) is 23.6. The molecule has 1 saturated carbocycles. The van der Waals surface area contributed by atoms with Crippen LogP contribution >= 0.6 is 0 Å². The van der Waals surface area contributed by atoms with Crippen molar-refractivity contribution >= 4 is 27.5 Å². The van der Waals surface area contributed by atoms with Crippen LogP contribution in [0.1, 0.15) is 32.1 Å². The van der Waals surface area contributed by atoms with Crippen LogP contribution in [0.4, 0.5) is 10.2 Å². The van der Waals surface area contributed by atoms with Gasteiger partial charge < -0.3 is 25.2 Å². The van der Waals surface area contributed by atoms with Gasteiger partial charge in [-0.2, -0.15) is 9.97 Å². The fraction of sp³-hybridized carbons (Fsp3) is 0.400. The van der Waals surface area contributed by atoms with Gasteiger partial charge in [-0.3, -0.25) is 0 Å². The largest absolute Gasteiger partial charge is 0.508 e. The van der Waals surface area contributed by atoms with Gasteiger partial charge in [-0.05, 0) is 60.2 Å². The lowest BCUT2D eigenvalue weighted by atomic mass is 9.70.